The van der Waals surface area contributed by atoms with E-state index in [0.29, 0.717) is 26.0 Å². The first-order chi connectivity index (χ1) is 16.1. The number of hydrogen-bond acceptors (Lipinski definition) is 7. The topological polar surface area (TPSA) is 113 Å². The van der Waals surface area contributed by atoms with Gasteiger partial charge in [-0.3, -0.25) is 13.6 Å². The molecular formula is C24H38N2O6S2. The van der Waals surface area contributed by atoms with E-state index in [-0.39, 0.29) is 11.5 Å². The molecule has 1 saturated heterocycles. The third-order valence-electron chi connectivity index (χ3n) is 4.80. The Morgan fingerprint density at radius 2 is 1.59 bits per heavy atom. The van der Waals surface area contributed by atoms with Crippen molar-refractivity contribution >= 4 is 20.2 Å². The standard InChI is InChI=1S/C12H19NO3S.C9H13N.C3H6O3S/c1-2-13(9-6-10-17(14,15)16)11-12-7-4-3-5-8-12;1-2-10-8-9-6-4-3-5-7-9;4-7(5)3-1-2-6-7/h3-5,7-8H,2,6,9-11H2,1H3,(H,14,15,16);3-7,10H,2,8H2,1H3;1-3H2. The Balaban J connectivity index is 0.000000285. The Kier molecular flexibility index (Phi) is 14.9. The Morgan fingerprint density at radius 1 is 1.00 bits per heavy atom. The van der Waals surface area contributed by atoms with Crippen LogP contribution in [0.3, 0.4) is 0 Å². The number of rotatable bonds is 10. The van der Waals surface area contributed by atoms with Crippen LogP contribution in [-0.4, -0.2) is 64.0 Å². The maximum atomic E-state index is 10.6. The van der Waals surface area contributed by atoms with Crippen molar-refractivity contribution in [1.82, 2.24) is 10.2 Å². The molecule has 8 nitrogen and oxygen atoms in total. The molecule has 0 saturated carbocycles. The summed E-state index contributed by atoms with van der Waals surface area (Å²) in [5.41, 5.74) is 2.56. The molecule has 1 aliphatic rings. The van der Waals surface area contributed by atoms with Crippen LogP contribution < -0.4 is 5.32 Å². The fourth-order valence-corrected chi connectivity index (χ4v) is 4.46. The molecule has 0 atom stereocenters. The molecule has 0 spiro atoms. The van der Waals surface area contributed by atoms with E-state index in [4.69, 9.17) is 4.55 Å². The molecule has 2 N–H and O–H groups in total. The Bertz CT molecular complexity index is 973. The summed E-state index contributed by atoms with van der Waals surface area (Å²) < 4.78 is 54.6. The van der Waals surface area contributed by atoms with Gasteiger partial charge in [-0.2, -0.15) is 16.8 Å². The number of benzene rings is 2. The Hall–Kier alpha value is -1.82. The van der Waals surface area contributed by atoms with Crippen LogP contribution >= 0.6 is 0 Å². The lowest BCUT2D eigenvalue weighted by atomic mass is 10.2. The van der Waals surface area contributed by atoms with E-state index in [1.165, 1.54) is 11.1 Å². The summed E-state index contributed by atoms with van der Waals surface area (Å²) in [7, 11) is -6.87. The largest absolute Gasteiger partial charge is 0.313 e. The molecule has 10 heteroatoms. The molecule has 2 aromatic carbocycles. The van der Waals surface area contributed by atoms with Gasteiger partial charge in [0.05, 0.1) is 18.1 Å². The summed E-state index contributed by atoms with van der Waals surface area (Å²) in [5, 5.41) is 3.26. The van der Waals surface area contributed by atoms with Crippen molar-refractivity contribution in [2.45, 2.75) is 39.8 Å². The van der Waals surface area contributed by atoms with Gasteiger partial charge in [0.25, 0.3) is 20.2 Å². The second-order valence-electron chi connectivity index (χ2n) is 7.70. The first-order valence-electron chi connectivity index (χ1n) is 11.5. The second kappa shape index (κ2) is 16.7. The lowest BCUT2D eigenvalue weighted by molar-refractivity contribution is 0.280. The lowest BCUT2D eigenvalue weighted by Crippen LogP contribution is -2.25. The van der Waals surface area contributed by atoms with Gasteiger partial charge in [0.1, 0.15) is 0 Å². The minimum absolute atomic E-state index is 0.168. The SMILES string of the molecule is CCN(CCCS(=O)(=O)O)Cc1ccccc1.CCNCc1ccccc1.O=S1(=O)CCCO1. The van der Waals surface area contributed by atoms with Crippen molar-refractivity contribution in [3.05, 3.63) is 71.8 Å². The van der Waals surface area contributed by atoms with Gasteiger partial charge < -0.3 is 5.32 Å². The molecule has 0 aliphatic carbocycles. The van der Waals surface area contributed by atoms with E-state index >= 15 is 0 Å². The second-order valence-corrected chi connectivity index (χ2v) is 11.0. The van der Waals surface area contributed by atoms with Crippen molar-refractivity contribution in [1.29, 1.82) is 0 Å². The van der Waals surface area contributed by atoms with Crippen LogP contribution in [0.1, 0.15) is 37.8 Å². The highest BCUT2D eigenvalue weighted by Gasteiger charge is 2.16. The molecule has 3 rings (SSSR count). The monoisotopic (exact) mass is 514 g/mol. The van der Waals surface area contributed by atoms with E-state index in [1.54, 1.807) is 0 Å². The molecule has 0 radical (unpaired) electrons. The fraction of sp³-hybridized carbons (Fsp3) is 0.500. The summed E-state index contributed by atoms with van der Waals surface area (Å²) in [6.07, 6.45) is 1.11. The normalized spacial score (nSPS) is 14.6. The third kappa shape index (κ3) is 15.9. The predicted octanol–water partition coefficient (Wildman–Crippen LogP) is 3.32. The van der Waals surface area contributed by atoms with Gasteiger partial charge in [-0.15, -0.1) is 0 Å². The van der Waals surface area contributed by atoms with Crippen LogP contribution in [0.4, 0.5) is 0 Å². The quantitative estimate of drug-likeness (QED) is 0.367. The number of nitrogens with zero attached hydrogens (tertiary/aromatic N) is 1. The summed E-state index contributed by atoms with van der Waals surface area (Å²) in [5.74, 6) is 0.0330. The minimum Gasteiger partial charge on any atom is -0.313 e. The summed E-state index contributed by atoms with van der Waals surface area (Å²) >= 11 is 0. The molecule has 0 amide bonds. The van der Waals surface area contributed by atoms with Gasteiger partial charge in [-0.25, -0.2) is 0 Å². The van der Waals surface area contributed by atoms with Gasteiger partial charge in [0, 0.05) is 13.1 Å². The summed E-state index contributed by atoms with van der Waals surface area (Å²) in [4.78, 5) is 2.15. The van der Waals surface area contributed by atoms with Crippen molar-refractivity contribution in [3.8, 4) is 0 Å². The van der Waals surface area contributed by atoms with Crippen LogP contribution in [0.5, 0.6) is 0 Å². The van der Waals surface area contributed by atoms with Crippen LogP contribution in [0.2, 0.25) is 0 Å². The van der Waals surface area contributed by atoms with E-state index in [1.807, 2.05) is 43.3 Å². The predicted molar refractivity (Wildman–Crippen MR) is 137 cm³/mol. The van der Waals surface area contributed by atoms with Crippen LogP contribution in [0.25, 0.3) is 0 Å². The molecule has 1 heterocycles. The molecule has 34 heavy (non-hydrogen) atoms. The van der Waals surface area contributed by atoms with Gasteiger partial charge >= 0.3 is 0 Å². The van der Waals surface area contributed by atoms with Crippen LogP contribution in [0.15, 0.2) is 60.7 Å². The molecule has 2 aromatic rings. The van der Waals surface area contributed by atoms with E-state index < -0.39 is 20.2 Å². The highest BCUT2D eigenvalue weighted by atomic mass is 32.2. The smallest absolute Gasteiger partial charge is 0.267 e. The highest BCUT2D eigenvalue weighted by Crippen LogP contribution is 2.06. The molecule has 0 aromatic heterocycles. The molecular weight excluding hydrogens is 476 g/mol. The van der Waals surface area contributed by atoms with Gasteiger partial charge in [0.15, 0.2) is 0 Å². The number of hydrogen-bond donors (Lipinski definition) is 2. The maximum Gasteiger partial charge on any atom is 0.267 e. The zero-order valence-electron chi connectivity index (χ0n) is 20.1. The number of nitrogens with one attached hydrogen (secondary N) is 1. The Labute approximate surface area is 205 Å². The summed E-state index contributed by atoms with van der Waals surface area (Å²) in [6.45, 7) is 8.89. The van der Waals surface area contributed by atoms with Crippen molar-refractivity contribution in [2.75, 3.05) is 37.7 Å². The van der Waals surface area contributed by atoms with E-state index in [0.717, 1.165) is 26.2 Å². The van der Waals surface area contributed by atoms with Gasteiger partial charge in [-0.1, -0.05) is 74.5 Å². The average Bonchev–Trinajstić information content (AvgIpc) is 3.22. The summed E-state index contributed by atoms with van der Waals surface area (Å²) in [6, 6.07) is 20.5. The highest BCUT2D eigenvalue weighted by molar-refractivity contribution is 7.86. The maximum absolute atomic E-state index is 10.6. The van der Waals surface area contributed by atoms with Crippen LogP contribution in [0, 0.1) is 0 Å². The fourth-order valence-electron chi connectivity index (χ4n) is 3.01. The Morgan fingerprint density at radius 3 is 2.00 bits per heavy atom. The zero-order chi connectivity index (χ0) is 25.3. The molecule has 0 bridgehead atoms. The van der Waals surface area contributed by atoms with Crippen LogP contribution in [-0.2, 0) is 37.5 Å². The first kappa shape index (κ1) is 30.2. The van der Waals surface area contributed by atoms with Crippen molar-refractivity contribution < 1.29 is 25.6 Å². The molecule has 1 aliphatic heterocycles. The van der Waals surface area contributed by atoms with Gasteiger partial charge in [0.2, 0.25) is 0 Å². The molecule has 0 unspecified atom stereocenters. The van der Waals surface area contributed by atoms with Crippen molar-refractivity contribution in [2.24, 2.45) is 0 Å². The average molecular weight is 515 g/mol. The van der Waals surface area contributed by atoms with E-state index in [2.05, 4.69) is 45.6 Å². The zero-order valence-corrected chi connectivity index (χ0v) is 21.7. The van der Waals surface area contributed by atoms with Gasteiger partial charge in [-0.05, 0) is 43.6 Å². The molecule has 1 fully saturated rings. The first-order valence-corrected chi connectivity index (χ1v) is 14.7. The van der Waals surface area contributed by atoms with Crippen molar-refractivity contribution in [3.63, 3.8) is 0 Å². The van der Waals surface area contributed by atoms with E-state index in [9.17, 15) is 16.8 Å². The minimum atomic E-state index is -3.83. The molecule has 192 valence electrons. The third-order valence-corrected chi connectivity index (χ3v) is 6.92. The lowest BCUT2D eigenvalue weighted by Gasteiger charge is -2.19.